The van der Waals surface area contributed by atoms with Crippen LogP contribution in [0.5, 0.6) is 17.2 Å². The van der Waals surface area contributed by atoms with Crippen molar-refractivity contribution in [2.24, 2.45) is 0 Å². The molecule has 1 atom stereocenters. The first-order valence-corrected chi connectivity index (χ1v) is 9.05. The number of nitrogens with one attached hydrogen (secondary N) is 1. The van der Waals surface area contributed by atoms with E-state index in [1.807, 2.05) is 49.4 Å². The summed E-state index contributed by atoms with van der Waals surface area (Å²) in [7, 11) is 1.58. The van der Waals surface area contributed by atoms with E-state index in [1.54, 1.807) is 7.11 Å². The molecule has 0 radical (unpaired) electrons. The third kappa shape index (κ3) is 4.39. The van der Waals surface area contributed by atoms with Gasteiger partial charge in [0.15, 0.2) is 11.5 Å². The first-order valence-electron chi connectivity index (χ1n) is 8.17. The van der Waals surface area contributed by atoms with Crippen LogP contribution in [-0.2, 0) is 4.79 Å². The van der Waals surface area contributed by atoms with Crippen LogP contribution >= 0.6 is 11.8 Å². The van der Waals surface area contributed by atoms with Gasteiger partial charge in [-0.3, -0.25) is 4.79 Å². The summed E-state index contributed by atoms with van der Waals surface area (Å²) in [5.74, 6) is 2.05. The molecule has 0 bridgehead atoms. The van der Waals surface area contributed by atoms with Crippen molar-refractivity contribution in [1.82, 2.24) is 0 Å². The van der Waals surface area contributed by atoms with Gasteiger partial charge in [0.2, 0.25) is 5.91 Å². The maximum Gasteiger partial charge on any atom is 0.237 e. The summed E-state index contributed by atoms with van der Waals surface area (Å²) in [5, 5.41) is 2.64. The van der Waals surface area contributed by atoms with E-state index in [4.69, 9.17) is 14.2 Å². The second kappa shape index (κ2) is 8.16. The van der Waals surface area contributed by atoms with E-state index in [2.05, 4.69) is 5.32 Å². The number of carbonyl (C=O) groups excluding carboxylic acids is 1. The minimum atomic E-state index is -0.269. The Morgan fingerprint density at radius 2 is 1.92 bits per heavy atom. The molecule has 25 heavy (non-hydrogen) atoms. The smallest absolute Gasteiger partial charge is 0.237 e. The second-order valence-corrected chi connectivity index (χ2v) is 7.02. The highest BCUT2D eigenvalue weighted by molar-refractivity contribution is 8.00. The molecular formula is C19H21NO4S. The number of anilines is 1. The molecule has 3 rings (SSSR count). The fraction of sp³-hybridized carbons (Fsp3) is 0.316. The van der Waals surface area contributed by atoms with E-state index >= 15 is 0 Å². The molecular weight excluding hydrogens is 338 g/mol. The number of fused-ring (bicyclic) bond motifs is 1. The Labute approximate surface area is 151 Å². The molecule has 1 heterocycles. The topological polar surface area (TPSA) is 56.8 Å². The number of amides is 1. The molecule has 0 spiro atoms. The lowest BCUT2D eigenvalue weighted by Crippen LogP contribution is -2.22. The lowest BCUT2D eigenvalue weighted by Gasteiger charge is -2.15. The molecule has 0 saturated heterocycles. The number of para-hydroxylation sites is 2. The summed E-state index contributed by atoms with van der Waals surface area (Å²) in [6, 6.07) is 13.1. The van der Waals surface area contributed by atoms with E-state index in [1.165, 1.54) is 11.8 Å². The molecule has 2 aromatic carbocycles. The summed E-state index contributed by atoms with van der Waals surface area (Å²) in [6.07, 6.45) is 0.870. The van der Waals surface area contributed by atoms with E-state index < -0.39 is 0 Å². The van der Waals surface area contributed by atoms with E-state index in [9.17, 15) is 4.79 Å². The van der Waals surface area contributed by atoms with Gasteiger partial charge in [-0.25, -0.2) is 0 Å². The molecule has 2 aromatic rings. The molecule has 5 nitrogen and oxygen atoms in total. The van der Waals surface area contributed by atoms with Crippen molar-refractivity contribution in [3.63, 3.8) is 0 Å². The zero-order valence-corrected chi connectivity index (χ0v) is 15.1. The molecule has 0 aromatic heterocycles. The number of benzene rings is 2. The summed E-state index contributed by atoms with van der Waals surface area (Å²) in [6.45, 7) is 3.18. The Hall–Kier alpha value is -2.34. The van der Waals surface area contributed by atoms with Gasteiger partial charge >= 0.3 is 0 Å². The first-order chi connectivity index (χ1) is 12.2. The Morgan fingerprint density at radius 1 is 1.16 bits per heavy atom. The standard InChI is InChI=1S/C19H21NO4S/c1-13(19(21)20-15-6-3-4-7-16(15)22-2)25-14-8-9-17-18(12-14)24-11-5-10-23-17/h3-4,6-9,12-13H,5,10-11H2,1-2H3,(H,20,21)/t13-/m0/s1. The van der Waals surface area contributed by atoms with Gasteiger partial charge in [-0.05, 0) is 37.3 Å². The quantitative estimate of drug-likeness (QED) is 0.819. The molecule has 1 N–H and O–H groups in total. The van der Waals surface area contributed by atoms with Gasteiger partial charge < -0.3 is 19.5 Å². The van der Waals surface area contributed by atoms with Crippen molar-refractivity contribution in [2.45, 2.75) is 23.5 Å². The van der Waals surface area contributed by atoms with Gasteiger partial charge in [-0.2, -0.15) is 0 Å². The van der Waals surface area contributed by atoms with Crippen LogP contribution in [0.3, 0.4) is 0 Å². The summed E-state index contributed by atoms with van der Waals surface area (Å²) < 4.78 is 16.6. The van der Waals surface area contributed by atoms with Gasteiger partial charge in [0.1, 0.15) is 5.75 Å². The highest BCUT2D eigenvalue weighted by Gasteiger charge is 2.18. The fourth-order valence-corrected chi connectivity index (χ4v) is 3.35. The number of hydrogen-bond acceptors (Lipinski definition) is 5. The Bertz CT molecular complexity index is 750. The van der Waals surface area contributed by atoms with Crippen LogP contribution in [-0.4, -0.2) is 31.5 Å². The van der Waals surface area contributed by atoms with Crippen molar-refractivity contribution in [3.05, 3.63) is 42.5 Å². The number of hydrogen-bond donors (Lipinski definition) is 1. The zero-order chi connectivity index (χ0) is 17.6. The van der Waals surface area contributed by atoms with Gasteiger partial charge in [0, 0.05) is 11.3 Å². The molecule has 1 amide bonds. The van der Waals surface area contributed by atoms with E-state index in [0.717, 1.165) is 22.8 Å². The molecule has 0 unspecified atom stereocenters. The minimum absolute atomic E-state index is 0.0818. The van der Waals surface area contributed by atoms with Crippen LogP contribution in [0.4, 0.5) is 5.69 Å². The molecule has 0 aliphatic carbocycles. The maximum absolute atomic E-state index is 12.5. The Balaban J connectivity index is 1.66. The fourth-order valence-electron chi connectivity index (χ4n) is 2.46. The SMILES string of the molecule is COc1ccccc1NC(=O)[C@H](C)Sc1ccc2c(c1)OCCCO2. The molecule has 0 fully saturated rings. The normalized spacial score (nSPS) is 14.3. The lowest BCUT2D eigenvalue weighted by atomic mass is 10.3. The van der Waals surface area contributed by atoms with Gasteiger partial charge in [-0.1, -0.05) is 12.1 Å². The van der Waals surface area contributed by atoms with Crippen molar-refractivity contribution < 1.29 is 19.0 Å². The van der Waals surface area contributed by atoms with Crippen LogP contribution in [0, 0.1) is 0 Å². The molecule has 6 heteroatoms. The van der Waals surface area contributed by atoms with Crippen molar-refractivity contribution in [1.29, 1.82) is 0 Å². The highest BCUT2D eigenvalue weighted by atomic mass is 32.2. The van der Waals surface area contributed by atoms with Crippen LogP contribution in [0.15, 0.2) is 47.4 Å². The Morgan fingerprint density at radius 3 is 2.72 bits per heavy atom. The second-order valence-electron chi connectivity index (χ2n) is 5.61. The van der Waals surface area contributed by atoms with Crippen molar-refractivity contribution in [2.75, 3.05) is 25.6 Å². The molecule has 1 aliphatic rings. The average molecular weight is 359 g/mol. The number of thioether (sulfide) groups is 1. The van der Waals surface area contributed by atoms with Gasteiger partial charge in [-0.15, -0.1) is 11.8 Å². The monoisotopic (exact) mass is 359 g/mol. The van der Waals surface area contributed by atoms with Crippen LogP contribution in [0.2, 0.25) is 0 Å². The predicted octanol–water partition coefficient (Wildman–Crippen LogP) is 3.98. The molecule has 0 saturated carbocycles. The van der Waals surface area contributed by atoms with E-state index in [-0.39, 0.29) is 11.2 Å². The molecule has 132 valence electrons. The van der Waals surface area contributed by atoms with E-state index in [0.29, 0.717) is 24.7 Å². The Kier molecular flexibility index (Phi) is 5.71. The van der Waals surface area contributed by atoms with Crippen molar-refractivity contribution >= 4 is 23.4 Å². The van der Waals surface area contributed by atoms with Crippen LogP contribution in [0.1, 0.15) is 13.3 Å². The summed E-state index contributed by atoms with van der Waals surface area (Å²) in [5.41, 5.74) is 0.668. The van der Waals surface area contributed by atoms with Crippen molar-refractivity contribution in [3.8, 4) is 17.2 Å². The number of ether oxygens (including phenoxy) is 3. The predicted molar refractivity (Wildman–Crippen MR) is 99.0 cm³/mol. The number of methoxy groups -OCH3 is 1. The summed E-state index contributed by atoms with van der Waals surface area (Å²) in [4.78, 5) is 13.5. The first kappa shape index (κ1) is 17.5. The summed E-state index contributed by atoms with van der Waals surface area (Å²) >= 11 is 1.48. The van der Waals surface area contributed by atoms with Gasteiger partial charge in [0.05, 0.1) is 31.3 Å². The maximum atomic E-state index is 12.5. The van der Waals surface area contributed by atoms with Crippen LogP contribution < -0.4 is 19.5 Å². The van der Waals surface area contributed by atoms with Gasteiger partial charge in [0.25, 0.3) is 0 Å². The number of rotatable bonds is 5. The lowest BCUT2D eigenvalue weighted by molar-refractivity contribution is -0.115. The zero-order valence-electron chi connectivity index (χ0n) is 14.3. The largest absolute Gasteiger partial charge is 0.495 e. The number of carbonyl (C=O) groups is 1. The average Bonchev–Trinajstić information content (AvgIpc) is 2.87. The third-order valence-electron chi connectivity index (χ3n) is 3.77. The minimum Gasteiger partial charge on any atom is -0.495 e. The highest BCUT2D eigenvalue weighted by Crippen LogP contribution is 2.35. The van der Waals surface area contributed by atoms with Crippen LogP contribution in [0.25, 0.3) is 0 Å². The third-order valence-corrected chi connectivity index (χ3v) is 4.86. The molecule has 1 aliphatic heterocycles.